The van der Waals surface area contributed by atoms with Crippen molar-refractivity contribution in [2.75, 3.05) is 27.2 Å². The van der Waals surface area contributed by atoms with Gasteiger partial charge in [-0.3, -0.25) is 9.59 Å². The fourth-order valence-electron chi connectivity index (χ4n) is 3.51. The number of allylic oxidation sites excluding steroid dienone is 1. The third-order valence-corrected chi connectivity index (χ3v) is 4.99. The second-order valence-electron chi connectivity index (χ2n) is 7.48. The number of aliphatic hydroxyl groups is 1. The van der Waals surface area contributed by atoms with Crippen LogP contribution >= 0.6 is 0 Å². The molecular weight excluding hydrogens is 383 g/mol. The number of carbonyl (C=O) groups excluding carboxylic acids is 2. The van der Waals surface area contributed by atoms with Gasteiger partial charge in [-0.05, 0) is 56.4 Å². The number of halogens is 1. The number of nitrogens with zero attached hydrogens (tertiary/aromatic N) is 2. The summed E-state index contributed by atoms with van der Waals surface area (Å²) >= 11 is 0. The maximum Gasteiger partial charge on any atom is 0.290 e. The summed E-state index contributed by atoms with van der Waals surface area (Å²) in [6.45, 7) is 1.11. The monoisotopic (exact) mass is 408 g/mol. The Morgan fingerprint density at radius 2 is 1.80 bits per heavy atom. The predicted molar refractivity (Wildman–Crippen MR) is 114 cm³/mol. The lowest BCUT2D eigenvalue weighted by molar-refractivity contribution is -0.129. The summed E-state index contributed by atoms with van der Waals surface area (Å²) in [4.78, 5) is 29.2. The molecule has 1 aliphatic heterocycles. The average Bonchev–Trinajstić information content (AvgIpc) is 2.98. The van der Waals surface area contributed by atoms with Gasteiger partial charge < -0.3 is 14.9 Å². The van der Waals surface area contributed by atoms with Crippen LogP contribution in [0.15, 0.2) is 72.0 Å². The second kappa shape index (κ2) is 9.50. The Hall–Kier alpha value is -3.25. The van der Waals surface area contributed by atoms with E-state index in [1.54, 1.807) is 18.2 Å². The van der Waals surface area contributed by atoms with Crippen LogP contribution in [0.4, 0.5) is 4.39 Å². The van der Waals surface area contributed by atoms with E-state index in [1.807, 2.05) is 49.3 Å². The highest BCUT2D eigenvalue weighted by atomic mass is 19.1. The molecule has 1 aliphatic rings. The van der Waals surface area contributed by atoms with Gasteiger partial charge in [0.2, 0.25) is 0 Å². The van der Waals surface area contributed by atoms with E-state index in [0.29, 0.717) is 18.5 Å². The standard InChI is InChI=1S/C24H25FN2O3/c1-26(2)15-6-16-27-22(18-10-12-19(25)13-11-18)21(23(29)24(27)30)20(28)14-9-17-7-4-3-5-8-17/h3-5,7-14,22,29H,6,15-16H2,1-2H3. The van der Waals surface area contributed by atoms with E-state index in [9.17, 15) is 19.1 Å². The number of benzene rings is 2. The molecular formula is C24H25FN2O3. The molecule has 0 radical (unpaired) electrons. The van der Waals surface area contributed by atoms with Crippen LogP contribution in [0.25, 0.3) is 6.08 Å². The fraction of sp³-hybridized carbons (Fsp3) is 0.250. The van der Waals surface area contributed by atoms with Gasteiger partial charge in [-0.25, -0.2) is 4.39 Å². The molecule has 0 bridgehead atoms. The molecule has 5 nitrogen and oxygen atoms in total. The van der Waals surface area contributed by atoms with E-state index in [2.05, 4.69) is 0 Å². The van der Waals surface area contributed by atoms with Crippen LogP contribution in [0.1, 0.15) is 23.6 Å². The molecule has 0 saturated heterocycles. The number of carbonyl (C=O) groups is 2. The minimum Gasteiger partial charge on any atom is -0.503 e. The van der Waals surface area contributed by atoms with Crippen molar-refractivity contribution in [2.45, 2.75) is 12.5 Å². The molecule has 1 atom stereocenters. The molecule has 1 N–H and O–H groups in total. The van der Waals surface area contributed by atoms with E-state index in [4.69, 9.17) is 0 Å². The summed E-state index contributed by atoms with van der Waals surface area (Å²) in [5.41, 5.74) is 1.43. The van der Waals surface area contributed by atoms with Crippen molar-refractivity contribution in [1.82, 2.24) is 9.80 Å². The maximum absolute atomic E-state index is 13.5. The average molecular weight is 408 g/mol. The van der Waals surface area contributed by atoms with Gasteiger partial charge in [-0.15, -0.1) is 0 Å². The van der Waals surface area contributed by atoms with Crippen molar-refractivity contribution >= 4 is 17.8 Å². The predicted octanol–water partition coefficient (Wildman–Crippen LogP) is 3.76. The van der Waals surface area contributed by atoms with E-state index in [1.165, 1.54) is 23.1 Å². The minimum atomic E-state index is -0.756. The maximum atomic E-state index is 13.5. The molecule has 6 heteroatoms. The summed E-state index contributed by atoms with van der Waals surface area (Å²) < 4.78 is 13.5. The molecule has 2 aromatic rings. The first kappa shape index (κ1) is 21.5. The molecule has 1 heterocycles. The Balaban J connectivity index is 1.93. The highest BCUT2D eigenvalue weighted by Crippen LogP contribution is 2.38. The van der Waals surface area contributed by atoms with Crippen LogP contribution < -0.4 is 0 Å². The first-order valence-corrected chi connectivity index (χ1v) is 9.80. The summed E-state index contributed by atoms with van der Waals surface area (Å²) in [7, 11) is 3.87. The van der Waals surface area contributed by atoms with Crippen molar-refractivity contribution in [2.24, 2.45) is 0 Å². The fourth-order valence-corrected chi connectivity index (χ4v) is 3.51. The minimum absolute atomic E-state index is 0.0173. The Morgan fingerprint density at radius 1 is 1.13 bits per heavy atom. The zero-order valence-corrected chi connectivity index (χ0v) is 17.1. The molecule has 156 valence electrons. The van der Waals surface area contributed by atoms with Gasteiger partial charge in [0.05, 0.1) is 11.6 Å². The molecule has 1 unspecified atom stereocenters. The van der Waals surface area contributed by atoms with Gasteiger partial charge in [0.25, 0.3) is 5.91 Å². The lowest BCUT2D eigenvalue weighted by Gasteiger charge is -2.27. The molecule has 3 rings (SSSR count). The van der Waals surface area contributed by atoms with Gasteiger partial charge in [0.1, 0.15) is 5.82 Å². The Bertz CT molecular complexity index is 966. The van der Waals surface area contributed by atoms with Crippen molar-refractivity contribution < 1.29 is 19.1 Å². The number of hydrogen-bond donors (Lipinski definition) is 1. The SMILES string of the molecule is CN(C)CCCN1C(=O)C(O)=C(C(=O)C=Cc2ccccc2)C1c1ccc(F)cc1. The number of ketones is 1. The number of aliphatic hydroxyl groups excluding tert-OH is 1. The van der Waals surface area contributed by atoms with Crippen LogP contribution in [-0.4, -0.2) is 53.8 Å². The van der Waals surface area contributed by atoms with Gasteiger partial charge in [0, 0.05) is 6.54 Å². The Morgan fingerprint density at radius 3 is 2.43 bits per heavy atom. The topological polar surface area (TPSA) is 60.9 Å². The van der Waals surface area contributed by atoms with Crippen LogP contribution in [0.5, 0.6) is 0 Å². The van der Waals surface area contributed by atoms with Crippen molar-refractivity contribution in [3.05, 3.63) is 88.9 Å². The van der Waals surface area contributed by atoms with E-state index in [0.717, 1.165) is 12.1 Å². The molecule has 2 aromatic carbocycles. The normalized spacial score (nSPS) is 16.9. The molecule has 0 aliphatic carbocycles. The first-order valence-electron chi connectivity index (χ1n) is 9.80. The van der Waals surface area contributed by atoms with Crippen LogP contribution in [0, 0.1) is 5.82 Å². The highest BCUT2D eigenvalue weighted by Gasteiger charge is 2.42. The lowest BCUT2D eigenvalue weighted by atomic mass is 9.95. The molecule has 0 spiro atoms. The zero-order chi connectivity index (χ0) is 21.7. The van der Waals surface area contributed by atoms with Crippen LogP contribution in [0.2, 0.25) is 0 Å². The molecule has 0 aromatic heterocycles. The summed E-state index contributed by atoms with van der Waals surface area (Å²) in [6, 6.07) is 14.2. The van der Waals surface area contributed by atoms with Gasteiger partial charge in [-0.2, -0.15) is 0 Å². The van der Waals surface area contributed by atoms with Crippen LogP contribution in [-0.2, 0) is 9.59 Å². The smallest absolute Gasteiger partial charge is 0.290 e. The molecule has 30 heavy (non-hydrogen) atoms. The van der Waals surface area contributed by atoms with Gasteiger partial charge in [-0.1, -0.05) is 48.5 Å². The second-order valence-corrected chi connectivity index (χ2v) is 7.48. The molecule has 0 saturated carbocycles. The Kier molecular flexibility index (Phi) is 6.79. The van der Waals surface area contributed by atoms with E-state index < -0.39 is 29.3 Å². The van der Waals surface area contributed by atoms with Crippen molar-refractivity contribution in [3.63, 3.8) is 0 Å². The summed E-state index contributed by atoms with van der Waals surface area (Å²) in [5.74, 6) is -1.99. The van der Waals surface area contributed by atoms with Crippen LogP contribution in [0.3, 0.4) is 0 Å². The number of hydrogen-bond acceptors (Lipinski definition) is 4. The molecule has 1 amide bonds. The third-order valence-electron chi connectivity index (χ3n) is 4.99. The lowest BCUT2D eigenvalue weighted by Crippen LogP contribution is -2.33. The van der Waals surface area contributed by atoms with Gasteiger partial charge >= 0.3 is 0 Å². The zero-order valence-electron chi connectivity index (χ0n) is 17.1. The largest absolute Gasteiger partial charge is 0.503 e. The van der Waals surface area contributed by atoms with Gasteiger partial charge in [0.15, 0.2) is 11.5 Å². The molecule has 0 fully saturated rings. The van der Waals surface area contributed by atoms with Crippen molar-refractivity contribution in [1.29, 1.82) is 0 Å². The third kappa shape index (κ3) is 4.83. The quantitative estimate of drug-likeness (QED) is 0.676. The first-order chi connectivity index (χ1) is 14.4. The highest BCUT2D eigenvalue weighted by molar-refractivity contribution is 6.14. The number of rotatable bonds is 8. The van der Waals surface area contributed by atoms with E-state index in [-0.39, 0.29) is 5.57 Å². The summed E-state index contributed by atoms with van der Waals surface area (Å²) in [5, 5.41) is 10.5. The number of amides is 1. The Labute approximate surface area is 175 Å². The van der Waals surface area contributed by atoms with E-state index >= 15 is 0 Å². The van der Waals surface area contributed by atoms with Crippen molar-refractivity contribution in [3.8, 4) is 0 Å². The summed E-state index contributed by atoms with van der Waals surface area (Å²) in [6.07, 6.45) is 3.67.